The van der Waals surface area contributed by atoms with E-state index in [2.05, 4.69) is 37.3 Å². The van der Waals surface area contributed by atoms with E-state index in [4.69, 9.17) is 21.6 Å². The lowest BCUT2D eigenvalue weighted by Crippen LogP contribution is -1.99. The normalized spacial score (nSPS) is 10.2. The lowest BCUT2D eigenvalue weighted by Gasteiger charge is -2.11. The average Bonchev–Trinajstić information content (AvgIpc) is 2.59. The summed E-state index contributed by atoms with van der Waals surface area (Å²) in [4.78, 5) is 8.53. The molecule has 0 saturated heterocycles. The van der Waals surface area contributed by atoms with E-state index in [1.165, 1.54) is 0 Å². The van der Waals surface area contributed by atoms with E-state index in [9.17, 15) is 0 Å². The minimum absolute atomic E-state index is 0.393. The Morgan fingerprint density at radius 2 is 1.96 bits per heavy atom. The Morgan fingerprint density at radius 1 is 1.20 bits per heavy atom. The minimum Gasteiger partial charge on any atom is -0.437 e. The Morgan fingerprint density at radius 3 is 2.64 bits per heavy atom. The molecule has 0 atom stereocenters. The first-order valence-electron chi connectivity index (χ1n) is 7.29. The molecule has 0 amide bonds. The van der Waals surface area contributed by atoms with E-state index in [1.54, 1.807) is 42.6 Å². The van der Waals surface area contributed by atoms with Crippen molar-refractivity contribution in [1.82, 2.24) is 9.97 Å². The molecule has 0 spiro atoms. The van der Waals surface area contributed by atoms with Crippen molar-refractivity contribution in [2.75, 3.05) is 5.32 Å². The number of rotatable bonds is 4. The van der Waals surface area contributed by atoms with Gasteiger partial charge in [-0.3, -0.25) is 0 Å². The van der Waals surface area contributed by atoms with Crippen LogP contribution in [0.25, 0.3) is 0 Å². The molecule has 2 aromatic carbocycles. The number of hydrogen-bond acceptors (Lipinski definition) is 5. The van der Waals surface area contributed by atoms with Gasteiger partial charge in [0.05, 0.1) is 16.1 Å². The van der Waals surface area contributed by atoms with Gasteiger partial charge in [-0.25, -0.2) is 4.98 Å². The summed E-state index contributed by atoms with van der Waals surface area (Å²) in [7, 11) is 0. The van der Waals surface area contributed by atoms with Gasteiger partial charge in [0, 0.05) is 23.0 Å². The molecule has 0 radical (unpaired) electrons. The number of nitriles is 1. The third kappa shape index (κ3) is 4.27. The predicted molar refractivity (Wildman–Crippen MR) is 100 cm³/mol. The summed E-state index contributed by atoms with van der Waals surface area (Å²) in [6.07, 6.45) is 1.60. The number of halogens is 2. The van der Waals surface area contributed by atoms with Crippen molar-refractivity contribution >= 4 is 39.2 Å². The number of ether oxygens (including phenoxy) is 1. The summed E-state index contributed by atoms with van der Waals surface area (Å²) in [5.74, 6) is 1.44. The molecule has 3 rings (SSSR count). The Hall–Kier alpha value is -2.62. The molecule has 3 aromatic rings. The van der Waals surface area contributed by atoms with Gasteiger partial charge in [0.1, 0.15) is 5.75 Å². The first-order chi connectivity index (χ1) is 12.0. The molecule has 1 N–H and O–H groups in total. The summed E-state index contributed by atoms with van der Waals surface area (Å²) in [6, 6.07) is 14.3. The highest BCUT2D eigenvalue weighted by Crippen LogP contribution is 2.35. The third-order valence-electron chi connectivity index (χ3n) is 3.30. The summed E-state index contributed by atoms with van der Waals surface area (Å²) in [5, 5.41) is 12.5. The van der Waals surface area contributed by atoms with Crippen molar-refractivity contribution in [3.63, 3.8) is 0 Å². The van der Waals surface area contributed by atoms with Crippen LogP contribution in [0.15, 0.2) is 53.1 Å². The van der Waals surface area contributed by atoms with Gasteiger partial charge >= 0.3 is 0 Å². The fourth-order valence-electron chi connectivity index (χ4n) is 2.14. The van der Waals surface area contributed by atoms with Gasteiger partial charge in [0.15, 0.2) is 0 Å². The first-order valence-corrected chi connectivity index (χ1v) is 8.46. The number of hydrogen-bond donors (Lipinski definition) is 1. The summed E-state index contributed by atoms with van der Waals surface area (Å²) >= 11 is 9.47. The Balaban J connectivity index is 1.81. The fraction of sp³-hybridized carbons (Fsp3) is 0.0556. The summed E-state index contributed by atoms with van der Waals surface area (Å²) in [5.41, 5.74) is 2.26. The topological polar surface area (TPSA) is 70.8 Å². The van der Waals surface area contributed by atoms with Crippen molar-refractivity contribution < 1.29 is 4.74 Å². The van der Waals surface area contributed by atoms with E-state index in [0.29, 0.717) is 28.2 Å². The molecule has 0 aliphatic rings. The van der Waals surface area contributed by atoms with E-state index >= 15 is 0 Å². The van der Waals surface area contributed by atoms with Gasteiger partial charge in [-0.05, 0) is 64.8 Å². The number of aromatic nitrogens is 2. The zero-order chi connectivity index (χ0) is 17.8. The van der Waals surface area contributed by atoms with Crippen LogP contribution >= 0.6 is 27.5 Å². The minimum atomic E-state index is 0.393. The van der Waals surface area contributed by atoms with Crippen molar-refractivity contribution in [3.8, 4) is 17.7 Å². The molecule has 0 fully saturated rings. The van der Waals surface area contributed by atoms with Crippen LogP contribution in [0.5, 0.6) is 11.6 Å². The summed E-state index contributed by atoms with van der Waals surface area (Å²) < 4.78 is 6.62. The SMILES string of the molecule is Cc1cc(Cl)cc(Br)c1Oc1ccnc(Nc2ccc(C#N)cc2)n1. The number of nitrogens with zero attached hydrogens (tertiary/aromatic N) is 3. The van der Waals surface area contributed by atoms with Crippen molar-refractivity contribution in [3.05, 3.63) is 69.3 Å². The molecular weight excluding hydrogens is 404 g/mol. The molecule has 0 saturated carbocycles. The van der Waals surface area contributed by atoms with Crippen LogP contribution in [0.2, 0.25) is 5.02 Å². The number of nitrogens with one attached hydrogen (secondary N) is 1. The largest absolute Gasteiger partial charge is 0.437 e. The molecule has 25 heavy (non-hydrogen) atoms. The molecule has 0 unspecified atom stereocenters. The summed E-state index contributed by atoms with van der Waals surface area (Å²) in [6.45, 7) is 1.91. The van der Waals surface area contributed by atoms with Crippen molar-refractivity contribution in [2.24, 2.45) is 0 Å². The monoisotopic (exact) mass is 414 g/mol. The second-order valence-corrected chi connectivity index (χ2v) is 6.46. The zero-order valence-electron chi connectivity index (χ0n) is 13.1. The van der Waals surface area contributed by atoms with Crippen LogP contribution in [0.4, 0.5) is 11.6 Å². The molecule has 7 heteroatoms. The van der Waals surface area contributed by atoms with Crippen LogP contribution in [0.3, 0.4) is 0 Å². The van der Waals surface area contributed by atoms with Crippen LogP contribution in [0.1, 0.15) is 11.1 Å². The van der Waals surface area contributed by atoms with Crippen LogP contribution in [-0.4, -0.2) is 9.97 Å². The van der Waals surface area contributed by atoms with E-state index in [-0.39, 0.29) is 0 Å². The van der Waals surface area contributed by atoms with Gasteiger partial charge in [-0.1, -0.05) is 11.6 Å². The van der Waals surface area contributed by atoms with Crippen LogP contribution in [0, 0.1) is 18.3 Å². The standard InChI is InChI=1S/C18H12BrClN4O/c1-11-8-13(20)9-15(19)17(11)25-16-6-7-22-18(24-16)23-14-4-2-12(10-21)3-5-14/h2-9H,1H3,(H,22,23,24). The predicted octanol–water partition coefficient (Wildman–Crippen LogP) is 5.61. The maximum atomic E-state index is 8.83. The second kappa shape index (κ2) is 7.51. The maximum absolute atomic E-state index is 8.83. The maximum Gasteiger partial charge on any atom is 0.230 e. The van der Waals surface area contributed by atoms with Gasteiger partial charge in [0.2, 0.25) is 11.8 Å². The smallest absolute Gasteiger partial charge is 0.230 e. The number of aryl methyl sites for hydroxylation is 1. The quantitative estimate of drug-likeness (QED) is 0.600. The third-order valence-corrected chi connectivity index (χ3v) is 4.11. The first kappa shape index (κ1) is 17.2. The lowest BCUT2D eigenvalue weighted by atomic mass is 10.2. The molecule has 1 heterocycles. The Labute approximate surface area is 158 Å². The van der Waals surface area contributed by atoms with E-state index < -0.39 is 0 Å². The molecule has 1 aromatic heterocycles. The van der Waals surface area contributed by atoms with Crippen molar-refractivity contribution in [2.45, 2.75) is 6.92 Å². The van der Waals surface area contributed by atoms with Gasteiger partial charge in [0.25, 0.3) is 0 Å². The molecule has 0 aliphatic carbocycles. The molecule has 0 aliphatic heterocycles. The highest BCUT2D eigenvalue weighted by molar-refractivity contribution is 9.10. The van der Waals surface area contributed by atoms with E-state index in [0.717, 1.165) is 15.7 Å². The van der Waals surface area contributed by atoms with Crippen molar-refractivity contribution in [1.29, 1.82) is 5.26 Å². The molecule has 5 nitrogen and oxygen atoms in total. The second-order valence-electron chi connectivity index (χ2n) is 5.17. The highest BCUT2D eigenvalue weighted by Gasteiger charge is 2.10. The van der Waals surface area contributed by atoms with E-state index in [1.807, 2.05) is 13.0 Å². The number of anilines is 2. The Bertz CT molecular complexity index is 931. The molecule has 124 valence electrons. The fourth-order valence-corrected chi connectivity index (χ4v) is 3.18. The van der Waals surface area contributed by atoms with Crippen LogP contribution in [-0.2, 0) is 0 Å². The Kier molecular flexibility index (Phi) is 5.17. The average molecular weight is 416 g/mol. The van der Waals surface area contributed by atoms with Gasteiger partial charge in [-0.2, -0.15) is 10.2 Å². The van der Waals surface area contributed by atoms with Gasteiger partial charge in [-0.15, -0.1) is 0 Å². The molecular formula is C18H12BrClN4O. The lowest BCUT2D eigenvalue weighted by molar-refractivity contribution is 0.456. The molecule has 0 bridgehead atoms. The number of benzene rings is 2. The highest BCUT2D eigenvalue weighted by atomic mass is 79.9. The van der Waals surface area contributed by atoms with Gasteiger partial charge < -0.3 is 10.1 Å². The zero-order valence-corrected chi connectivity index (χ0v) is 15.5. The van der Waals surface area contributed by atoms with Crippen LogP contribution < -0.4 is 10.1 Å².